The number of benzene rings is 1. The summed E-state index contributed by atoms with van der Waals surface area (Å²) in [6.45, 7) is 3.66. The number of halogens is 2. The first kappa shape index (κ1) is 12.2. The van der Waals surface area contributed by atoms with Crippen LogP contribution in [0.2, 0.25) is 0 Å². The van der Waals surface area contributed by atoms with Crippen LogP contribution in [0.5, 0.6) is 0 Å². The van der Waals surface area contributed by atoms with Crippen LogP contribution in [0, 0.1) is 11.6 Å². The number of Topliss-reactive ketones (excluding diaryl/α,β-unsaturated/α-hetero) is 1. The molecule has 1 aliphatic heterocycles. The molecule has 0 N–H and O–H groups in total. The molecule has 0 spiro atoms. The Hall–Kier alpha value is -1.29. The van der Waals surface area contributed by atoms with Crippen LogP contribution >= 0.6 is 0 Å². The maximum absolute atomic E-state index is 13.6. The Morgan fingerprint density at radius 3 is 2.24 bits per heavy atom. The van der Waals surface area contributed by atoms with E-state index in [0.717, 1.165) is 25.9 Å². The van der Waals surface area contributed by atoms with Crippen molar-refractivity contribution in [2.45, 2.75) is 26.3 Å². The van der Waals surface area contributed by atoms with Gasteiger partial charge in [-0.3, -0.25) is 9.69 Å². The molecule has 1 aromatic carbocycles. The summed E-state index contributed by atoms with van der Waals surface area (Å²) in [7, 11) is 0. The first-order valence-electron chi connectivity index (χ1n) is 5.79. The third-order valence-corrected chi connectivity index (χ3v) is 3.06. The topological polar surface area (TPSA) is 20.3 Å². The second-order valence-corrected chi connectivity index (χ2v) is 4.47. The summed E-state index contributed by atoms with van der Waals surface area (Å²) >= 11 is 0. The van der Waals surface area contributed by atoms with Gasteiger partial charge in [0, 0.05) is 6.54 Å². The number of rotatable bonds is 3. The molecule has 0 atom stereocenters. The molecule has 2 rings (SSSR count). The molecule has 0 unspecified atom stereocenters. The Morgan fingerprint density at radius 1 is 1.24 bits per heavy atom. The molecule has 92 valence electrons. The van der Waals surface area contributed by atoms with Crippen LogP contribution in [0.15, 0.2) is 12.1 Å². The van der Waals surface area contributed by atoms with E-state index in [4.69, 9.17) is 0 Å². The molecule has 1 saturated heterocycles. The minimum atomic E-state index is -0.758. The van der Waals surface area contributed by atoms with Gasteiger partial charge < -0.3 is 0 Å². The van der Waals surface area contributed by atoms with Crippen molar-refractivity contribution in [3.8, 4) is 0 Å². The van der Waals surface area contributed by atoms with Gasteiger partial charge in [-0.2, -0.15) is 0 Å². The van der Waals surface area contributed by atoms with Gasteiger partial charge in [0.25, 0.3) is 0 Å². The highest BCUT2D eigenvalue weighted by Gasteiger charge is 2.17. The highest BCUT2D eigenvalue weighted by molar-refractivity contribution is 5.94. The minimum Gasteiger partial charge on any atom is -0.299 e. The van der Waals surface area contributed by atoms with Gasteiger partial charge in [0.15, 0.2) is 5.78 Å². The lowest BCUT2D eigenvalue weighted by atomic mass is 10.1. The zero-order valence-electron chi connectivity index (χ0n) is 9.80. The zero-order valence-corrected chi connectivity index (χ0v) is 9.80. The van der Waals surface area contributed by atoms with Gasteiger partial charge >= 0.3 is 0 Å². The summed E-state index contributed by atoms with van der Waals surface area (Å²) in [5.74, 6) is -2.09. The van der Waals surface area contributed by atoms with Crippen LogP contribution < -0.4 is 0 Å². The van der Waals surface area contributed by atoms with Crippen molar-refractivity contribution in [1.82, 2.24) is 4.90 Å². The summed E-state index contributed by atoms with van der Waals surface area (Å²) in [6, 6.07) is 2.52. The zero-order chi connectivity index (χ0) is 12.4. The second kappa shape index (κ2) is 4.92. The fourth-order valence-electron chi connectivity index (χ4n) is 2.25. The number of likely N-dealkylation sites (tertiary alicyclic amines) is 1. The first-order chi connectivity index (χ1) is 8.08. The van der Waals surface area contributed by atoms with Gasteiger partial charge in [-0.25, -0.2) is 8.78 Å². The Balaban J connectivity index is 2.22. The summed E-state index contributed by atoms with van der Waals surface area (Å²) in [6.07, 6.45) is 2.27. The molecule has 1 fully saturated rings. The molecule has 1 heterocycles. The summed E-state index contributed by atoms with van der Waals surface area (Å²) in [4.78, 5) is 13.2. The molecule has 0 radical (unpaired) electrons. The molecule has 0 aliphatic carbocycles. The van der Waals surface area contributed by atoms with Gasteiger partial charge in [0.1, 0.15) is 11.6 Å². The summed E-state index contributed by atoms with van der Waals surface area (Å²) < 4.78 is 27.1. The van der Waals surface area contributed by atoms with Crippen molar-refractivity contribution in [3.05, 3.63) is 34.9 Å². The van der Waals surface area contributed by atoms with E-state index in [2.05, 4.69) is 4.90 Å². The summed E-state index contributed by atoms with van der Waals surface area (Å²) in [5.41, 5.74) is 0.155. The smallest absolute Gasteiger partial charge is 0.165 e. The van der Waals surface area contributed by atoms with Crippen LogP contribution in [0.1, 0.15) is 35.7 Å². The van der Waals surface area contributed by atoms with Crippen molar-refractivity contribution >= 4 is 5.78 Å². The van der Waals surface area contributed by atoms with E-state index in [9.17, 15) is 13.6 Å². The number of carbonyl (C=O) groups is 1. The highest BCUT2D eigenvalue weighted by atomic mass is 19.1. The monoisotopic (exact) mass is 239 g/mol. The molecule has 0 bridgehead atoms. The molecule has 0 aromatic heterocycles. The van der Waals surface area contributed by atoms with Crippen LogP contribution in [0.4, 0.5) is 8.78 Å². The van der Waals surface area contributed by atoms with E-state index in [0.29, 0.717) is 12.1 Å². The van der Waals surface area contributed by atoms with Crippen molar-refractivity contribution in [2.75, 3.05) is 13.1 Å². The largest absolute Gasteiger partial charge is 0.299 e. The molecule has 17 heavy (non-hydrogen) atoms. The highest BCUT2D eigenvalue weighted by Crippen LogP contribution is 2.19. The van der Waals surface area contributed by atoms with E-state index in [1.807, 2.05) is 0 Å². The lowest BCUT2D eigenvalue weighted by molar-refractivity contribution is 0.101. The van der Waals surface area contributed by atoms with Crippen molar-refractivity contribution in [2.24, 2.45) is 0 Å². The average Bonchev–Trinajstić information content (AvgIpc) is 2.68. The molecule has 2 nitrogen and oxygen atoms in total. The van der Waals surface area contributed by atoms with Gasteiger partial charge in [-0.05, 0) is 50.6 Å². The second-order valence-electron chi connectivity index (χ2n) is 4.47. The van der Waals surface area contributed by atoms with Gasteiger partial charge in [0.05, 0.1) is 5.56 Å². The third-order valence-electron chi connectivity index (χ3n) is 3.06. The fraction of sp³-hybridized carbons (Fsp3) is 0.462. The Kier molecular flexibility index (Phi) is 3.52. The minimum absolute atomic E-state index is 0.435. The number of nitrogens with zero attached hydrogens (tertiary/aromatic N) is 1. The van der Waals surface area contributed by atoms with Crippen molar-refractivity contribution in [1.29, 1.82) is 0 Å². The number of ketones is 1. The Labute approximate surface area is 99.2 Å². The van der Waals surface area contributed by atoms with Crippen LogP contribution in [0.25, 0.3) is 0 Å². The maximum Gasteiger partial charge on any atom is 0.165 e. The molecular weight excluding hydrogens is 224 g/mol. The predicted molar refractivity (Wildman–Crippen MR) is 60.9 cm³/mol. The normalized spacial score (nSPS) is 16.4. The van der Waals surface area contributed by atoms with Crippen molar-refractivity contribution in [3.63, 3.8) is 0 Å². The van der Waals surface area contributed by atoms with E-state index < -0.39 is 23.0 Å². The number of carbonyl (C=O) groups excluding carboxylic acids is 1. The lowest BCUT2D eigenvalue weighted by Crippen LogP contribution is -2.19. The van der Waals surface area contributed by atoms with Gasteiger partial charge in [-0.15, -0.1) is 0 Å². The quantitative estimate of drug-likeness (QED) is 0.756. The van der Waals surface area contributed by atoms with E-state index >= 15 is 0 Å². The summed E-state index contributed by atoms with van der Waals surface area (Å²) in [5, 5.41) is 0. The fourth-order valence-corrected chi connectivity index (χ4v) is 2.25. The van der Waals surface area contributed by atoms with E-state index in [1.165, 1.54) is 19.1 Å². The predicted octanol–water partition coefficient (Wildman–Crippen LogP) is 2.76. The lowest BCUT2D eigenvalue weighted by Gasteiger charge is -2.15. The van der Waals surface area contributed by atoms with Crippen LogP contribution in [0.3, 0.4) is 0 Å². The molecule has 0 saturated carbocycles. The molecular formula is C13H15F2NO. The standard InChI is InChI=1S/C13H15F2NO/c1-9(17)13-11(14)6-10(7-12(13)15)8-16-4-2-3-5-16/h6-7H,2-5,8H2,1H3. The Morgan fingerprint density at radius 2 is 1.76 bits per heavy atom. The first-order valence-corrected chi connectivity index (χ1v) is 5.79. The maximum atomic E-state index is 13.6. The molecule has 4 heteroatoms. The van der Waals surface area contributed by atoms with Crippen LogP contribution in [-0.2, 0) is 6.54 Å². The Bertz CT molecular complexity index is 416. The molecule has 1 aliphatic rings. The SMILES string of the molecule is CC(=O)c1c(F)cc(CN2CCCC2)cc1F. The van der Waals surface area contributed by atoms with E-state index in [-0.39, 0.29) is 0 Å². The number of hydrogen-bond donors (Lipinski definition) is 0. The molecule has 1 aromatic rings. The van der Waals surface area contributed by atoms with Gasteiger partial charge in [0.2, 0.25) is 0 Å². The molecule has 0 amide bonds. The third kappa shape index (κ3) is 2.69. The van der Waals surface area contributed by atoms with E-state index in [1.54, 1.807) is 0 Å². The van der Waals surface area contributed by atoms with Crippen molar-refractivity contribution < 1.29 is 13.6 Å². The average molecular weight is 239 g/mol. The van der Waals surface area contributed by atoms with Crippen LogP contribution in [-0.4, -0.2) is 23.8 Å². The van der Waals surface area contributed by atoms with Gasteiger partial charge in [-0.1, -0.05) is 0 Å². The number of hydrogen-bond acceptors (Lipinski definition) is 2.